The van der Waals surface area contributed by atoms with Gasteiger partial charge >= 0.3 is 0 Å². The molecule has 0 aliphatic carbocycles. The smallest absolute Gasteiger partial charge is 0.143 e. The third-order valence-electron chi connectivity index (χ3n) is 12.1. The predicted molar refractivity (Wildman–Crippen MR) is 255 cm³/mol. The number of fused-ring (bicyclic) bond motifs is 8. The van der Waals surface area contributed by atoms with E-state index in [2.05, 4.69) is 211 Å². The summed E-state index contributed by atoms with van der Waals surface area (Å²) in [6, 6.07) is 79.8. The molecule has 0 unspecified atom stereocenters. The van der Waals surface area contributed by atoms with Gasteiger partial charge in [0, 0.05) is 44.2 Å². The first-order chi connectivity index (χ1) is 30.2. The van der Waals surface area contributed by atoms with E-state index in [-0.39, 0.29) is 0 Å². The number of rotatable bonds is 7. The lowest BCUT2D eigenvalue weighted by Crippen LogP contribution is -2.09. The molecule has 3 nitrogen and oxygen atoms in total. The van der Waals surface area contributed by atoms with Crippen LogP contribution in [0.4, 0.5) is 17.1 Å². The highest BCUT2D eigenvalue weighted by atomic mass is 16.3. The van der Waals surface area contributed by atoms with Gasteiger partial charge in [-0.05, 0) is 110 Å². The first kappa shape index (κ1) is 34.9. The third kappa shape index (κ3) is 5.90. The molecule has 0 aliphatic rings. The molecule has 2 heterocycles. The zero-order valence-corrected chi connectivity index (χ0v) is 33.1. The third-order valence-corrected chi connectivity index (χ3v) is 12.1. The summed E-state index contributed by atoms with van der Waals surface area (Å²) in [5, 5.41) is 6.68. The molecule has 0 radical (unpaired) electrons. The van der Waals surface area contributed by atoms with Crippen molar-refractivity contribution in [3.63, 3.8) is 0 Å². The van der Waals surface area contributed by atoms with Gasteiger partial charge in [-0.25, -0.2) is 0 Å². The average Bonchev–Trinajstić information content (AvgIpc) is 3.91. The highest BCUT2D eigenvalue weighted by molar-refractivity contribution is 6.28. The second kappa shape index (κ2) is 14.3. The van der Waals surface area contributed by atoms with E-state index in [1.807, 2.05) is 18.2 Å². The van der Waals surface area contributed by atoms with Crippen LogP contribution in [0.3, 0.4) is 0 Å². The van der Waals surface area contributed by atoms with Gasteiger partial charge in [0.15, 0.2) is 0 Å². The normalized spacial score (nSPS) is 11.6. The topological polar surface area (TPSA) is 29.5 Å². The molecule has 0 amide bonds. The summed E-state index contributed by atoms with van der Waals surface area (Å²) in [5.74, 6) is 0. The lowest BCUT2D eigenvalue weighted by molar-refractivity contribution is 0.663. The summed E-state index contributed by atoms with van der Waals surface area (Å²) in [4.78, 5) is 2.34. The van der Waals surface area contributed by atoms with E-state index in [1.165, 1.54) is 33.0 Å². The van der Waals surface area contributed by atoms with Crippen molar-refractivity contribution in [2.24, 2.45) is 0 Å². The number of hydrogen-bond donors (Lipinski definition) is 0. The van der Waals surface area contributed by atoms with E-state index in [0.29, 0.717) is 0 Å². The van der Waals surface area contributed by atoms with Gasteiger partial charge in [0.25, 0.3) is 0 Å². The van der Waals surface area contributed by atoms with Gasteiger partial charge in [0.2, 0.25) is 0 Å². The SMILES string of the molecule is c1ccc(-c2ccc(N(c3ccc(-c4ccccc4)cc3)c3ccc(-c4ccc5c(oc6ccc7oc8ccccc8c7c65)c4-c4cccc5ccccc45)cc3)cc2)cc1. The van der Waals surface area contributed by atoms with Crippen molar-refractivity contribution in [3.05, 3.63) is 224 Å². The molecular weight excluding hydrogens is 743 g/mol. The fourth-order valence-electron chi connectivity index (χ4n) is 9.20. The first-order valence-corrected chi connectivity index (χ1v) is 20.7. The standard InChI is InChI=1S/C58H37NO2/c1-3-12-38(13-4-1)40-22-28-44(29-23-40)59(45-30-24-41(25-31-45)39-14-5-2-6-15-39)46-32-26-43(27-33-46)48-34-35-51-57-54(37-36-53-56(57)50-19-9-10-21-52(50)60-53)61-58(51)55(48)49-20-11-17-42-16-7-8-18-47(42)49/h1-37H. The number of furan rings is 2. The Morgan fingerprint density at radius 2 is 0.770 bits per heavy atom. The van der Waals surface area contributed by atoms with Gasteiger partial charge in [-0.15, -0.1) is 0 Å². The molecule has 286 valence electrons. The van der Waals surface area contributed by atoms with E-state index in [9.17, 15) is 0 Å². The molecule has 0 bridgehead atoms. The highest BCUT2D eigenvalue weighted by Gasteiger charge is 2.23. The second-order valence-electron chi connectivity index (χ2n) is 15.6. The van der Waals surface area contributed by atoms with E-state index >= 15 is 0 Å². The van der Waals surface area contributed by atoms with Crippen LogP contribution in [0.2, 0.25) is 0 Å². The fourth-order valence-corrected chi connectivity index (χ4v) is 9.20. The number of hydrogen-bond acceptors (Lipinski definition) is 3. The molecule has 10 aromatic carbocycles. The van der Waals surface area contributed by atoms with Gasteiger partial charge in [-0.1, -0.05) is 164 Å². The van der Waals surface area contributed by atoms with Crippen molar-refractivity contribution in [1.82, 2.24) is 0 Å². The Kier molecular flexibility index (Phi) is 8.17. The number of benzene rings is 10. The molecule has 0 spiro atoms. The predicted octanol–water partition coefficient (Wildman–Crippen LogP) is 16.8. The summed E-state index contributed by atoms with van der Waals surface area (Å²) in [6.45, 7) is 0. The molecule has 0 fully saturated rings. The molecule has 3 heteroatoms. The Morgan fingerprint density at radius 3 is 1.41 bits per heavy atom. The largest absolute Gasteiger partial charge is 0.456 e. The zero-order valence-electron chi connectivity index (χ0n) is 33.1. The second-order valence-corrected chi connectivity index (χ2v) is 15.6. The Labute approximate surface area is 353 Å². The van der Waals surface area contributed by atoms with Gasteiger partial charge in [0.1, 0.15) is 22.3 Å². The van der Waals surface area contributed by atoms with Crippen molar-refractivity contribution in [1.29, 1.82) is 0 Å². The van der Waals surface area contributed by atoms with Crippen LogP contribution >= 0.6 is 0 Å². The maximum atomic E-state index is 6.99. The summed E-state index contributed by atoms with van der Waals surface area (Å²) >= 11 is 0. The molecule has 0 N–H and O–H groups in total. The van der Waals surface area contributed by atoms with Gasteiger partial charge in [0.05, 0.1) is 0 Å². The molecule has 61 heavy (non-hydrogen) atoms. The van der Waals surface area contributed by atoms with E-state index < -0.39 is 0 Å². The lowest BCUT2D eigenvalue weighted by atomic mass is 9.89. The van der Waals surface area contributed by atoms with E-state index in [4.69, 9.17) is 8.83 Å². The Bertz CT molecular complexity index is 3460. The molecule has 0 saturated heterocycles. The summed E-state index contributed by atoms with van der Waals surface area (Å²) < 4.78 is 13.3. The first-order valence-electron chi connectivity index (χ1n) is 20.7. The molecule has 2 aromatic heterocycles. The highest BCUT2D eigenvalue weighted by Crippen LogP contribution is 2.47. The van der Waals surface area contributed by atoms with E-state index in [0.717, 1.165) is 83.2 Å². The number of nitrogens with zero attached hydrogens (tertiary/aromatic N) is 1. The minimum absolute atomic E-state index is 0.843. The van der Waals surface area contributed by atoms with E-state index in [1.54, 1.807) is 0 Å². The minimum Gasteiger partial charge on any atom is -0.456 e. The number of para-hydroxylation sites is 1. The number of anilines is 3. The van der Waals surface area contributed by atoms with Crippen LogP contribution in [0.5, 0.6) is 0 Å². The maximum Gasteiger partial charge on any atom is 0.143 e. The van der Waals surface area contributed by atoms with Crippen molar-refractivity contribution in [2.75, 3.05) is 4.90 Å². The molecular formula is C58H37NO2. The van der Waals surface area contributed by atoms with Crippen LogP contribution < -0.4 is 4.90 Å². The van der Waals surface area contributed by atoms with Gasteiger partial charge in [-0.2, -0.15) is 0 Å². The van der Waals surface area contributed by atoms with Crippen molar-refractivity contribution >= 4 is 71.7 Å². The molecule has 12 rings (SSSR count). The minimum atomic E-state index is 0.843. The van der Waals surface area contributed by atoms with Crippen LogP contribution in [0.25, 0.3) is 99.2 Å². The zero-order chi connectivity index (χ0) is 40.3. The van der Waals surface area contributed by atoms with Gasteiger partial charge in [-0.3, -0.25) is 0 Å². The Balaban J connectivity index is 1.03. The van der Waals surface area contributed by atoms with Crippen LogP contribution in [0, 0.1) is 0 Å². The lowest BCUT2D eigenvalue weighted by Gasteiger charge is -2.26. The molecule has 0 atom stereocenters. The molecule has 0 aliphatic heterocycles. The van der Waals surface area contributed by atoms with Gasteiger partial charge < -0.3 is 13.7 Å². The van der Waals surface area contributed by atoms with Crippen LogP contribution in [-0.4, -0.2) is 0 Å². The maximum absolute atomic E-state index is 6.99. The molecule has 0 saturated carbocycles. The average molecular weight is 780 g/mol. The molecule has 12 aromatic rings. The van der Waals surface area contributed by atoms with Crippen LogP contribution in [-0.2, 0) is 0 Å². The fraction of sp³-hybridized carbons (Fsp3) is 0. The van der Waals surface area contributed by atoms with Crippen molar-refractivity contribution in [3.8, 4) is 44.5 Å². The Hall–Kier alpha value is -8.14. The van der Waals surface area contributed by atoms with Crippen LogP contribution in [0.1, 0.15) is 0 Å². The monoisotopic (exact) mass is 779 g/mol. The Morgan fingerprint density at radius 1 is 0.279 bits per heavy atom. The van der Waals surface area contributed by atoms with Crippen molar-refractivity contribution < 1.29 is 8.83 Å². The van der Waals surface area contributed by atoms with Crippen molar-refractivity contribution in [2.45, 2.75) is 0 Å². The quantitative estimate of drug-likeness (QED) is 0.161. The summed E-state index contributed by atoms with van der Waals surface area (Å²) in [5.41, 5.74) is 15.8. The van der Waals surface area contributed by atoms with Crippen LogP contribution in [0.15, 0.2) is 233 Å². The summed E-state index contributed by atoms with van der Waals surface area (Å²) in [6.07, 6.45) is 0. The summed E-state index contributed by atoms with van der Waals surface area (Å²) in [7, 11) is 0.